The number of nitrogens with zero attached hydrogens (tertiary/aromatic N) is 3. The van der Waals surface area contributed by atoms with E-state index in [1.807, 2.05) is 17.0 Å². The first-order valence-corrected chi connectivity index (χ1v) is 12.5. The van der Waals surface area contributed by atoms with E-state index in [0.717, 1.165) is 64.1 Å². The molecule has 0 aliphatic carbocycles. The molecule has 0 saturated carbocycles. The smallest absolute Gasteiger partial charge is 0.263 e. The Morgan fingerprint density at radius 2 is 1.69 bits per heavy atom. The highest BCUT2D eigenvalue weighted by atomic mass is 16.5. The molecule has 0 bridgehead atoms. The summed E-state index contributed by atoms with van der Waals surface area (Å²) in [6.45, 7) is 6.46. The van der Waals surface area contributed by atoms with E-state index in [-0.39, 0.29) is 11.5 Å². The molecule has 2 aliphatic rings. The van der Waals surface area contributed by atoms with Crippen molar-refractivity contribution in [2.75, 3.05) is 40.4 Å². The zero-order valence-electron chi connectivity index (χ0n) is 20.8. The Morgan fingerprint density at radius 1 is 0.971 bits per heavy atom. The van der Waals surface area contributed by atoms with Gasteiger partial charge in [-0.1, -0.05) is 19.1 Å². The minimum atomic E-state index is -0.164. The molecular weight excluding hydrogens is 442 g/mol. The van der Waals surface area contributed by atoms with Crippen LogP contribution in [0.2, 0.25) is 0 Å². The fourth-order valence-corrected chi connectivity index (χ4v) is 5.43. The van der Waals surface area contributed by atoms with Crippen LogP contribution in [-0.2, 0) is 13.0 Å². The topological polar surface area (TPSA) is 64.0 Å². The number of pyridine rings is 1. The van der Waals surface area contributed by atoms with Gasteiger partial charge in [-0.2, -0.15) is 0 Å². The van der Waals surface area contributed by atoms with Gasteiger partial charge in [-0.3, -0.25) is 19.1 Å². The van der Waals surface area contributed by atoms with Gasteiger partial charge in [0.25, 0.3) is 11.5 Å². The molecule has 7 nitrogen and oxygen atoms in total. The predicted molar refractivity (Wildman–Crippen MR) is 137 cm³/mol. The van der Waals surface area contributed by atoms with Gasteiger partial charge in [0.2, 0.25) is 0 Å². The zero-order valence-corrected chi connectivity index (χ0v) is 20.8. The molecule has 1 fully saturated rings. The van der Waals surface area contributed by atoms with Gasteiger partial charge in [0.1, 0.15) is 0 Å². The summed E-state index contributed by atoms with van der Waals surface area (Å²) < 4.78 is 12.7. The largest absolute Gasteiger partial charge is 0.493 e. The number of carbonyl (C=O) groups excluding carboxylic acids is 1. The number of likely N-dealkylation sites (N-methyl/N-ethyl adjacent to an activating group) is 1. The molecule has 1 aromatic heterocycles. The molecule has 0 N–H and O–H groups in total. The molecule has 0 spiro atoms. The number of hydrogen-bond donors (Lipinski definition) is 0. The van der Waals surface area contributed by atoms with Gasteiger partial charge in [0.15, 0.2) is 11.5 Å². The maximum atomic E-state index is 13.9. The number of fused-ring (bicyclic) bond motifs is 2. The van der Waals surface area contributed by atoms with Gasteiger partial charge in [0.05, 0.1) is 30.9 Å². The van der Waals surface area contributed by atoms with Crippen LogP contribution in [0.3, 0.4) is 0 Å². The Morgan fingerprint density at radius 3 is 2.37 bits per heavy atom. The van der Waals surface area contributed by atoms with Crippen LogP contribution in [0.5, 0.6) is 11.5 Å². The van der Waals surface area contributed by atoms with E-state index in [0.29, 0.717) is 27.8 Å². The Labute approximate surface area is 205 Å². The van der Waals surface area contributed by atoms with Crippen LogP contribution in [0.25, 0.3) is 16.5 Å². The Bertz CT molecular complexity index is 1320. The SMILES string of the molecule is CCN1CCc2c(cccc2-n2cc(C(=O)N3CCCCC3)c3cc(OC)c(OC)cc3c2=O)C1. The summed E-state index contributed by atoms with van der Waals surface area (Å²) in [5.74, 6) is 0.930. The van der Waals surface area contributed by atoms with E-state index in [1.54, 1.807) is 37.1 Å². The Kier molecular flexibility index (Phi) is 6.52. The number of benzene rings is 2. The van der Waals surface area contributed by atoms with Crippen molar-refractivity contribution in [2.45, 2.75) is 39.2 Å². The van der Waals surface area contributed by atoms with Crippen molar-refractivity contribution < 1.29 is 14.3 Å². The molecule has 2 aromatic carbocycles. The molecule has 3 heterocycles. The van der Waals surface area contributed by atoms with E-state index < -0.39 is 0 Å². The number of piperidine rings is 1. The number of aromatic nitrogens is 1. The van der Waals surface area contributed by atoms with E-state index in [2.05, 4.69) is 17.9 Å². The van der Waals surface area contributed by atoms with Gasteiger partial charge in [0, 0.05) is 37.8 Å². The third kappa shape index (κ3) is 4.18. The van der Waals surface area contributed by atoms with Crippen molar-refractivity contribution in [3.8, 4) is 17.2 Å². The lowest BCUT2D eigenvalue weighted by Crippen LogP contribution is -2.36. The van der Waals surface area contributed by atoms with E-state index in [1.165, 1.54) is 11.1 Å². The summed E-state index contributed by atoms with van der Waals surface area (Å²) in [5, 5.41) is 1.05. The van der Waals surface area contributed by atoms with Crippen LogP contribution in [-0.4, -0.2) is 60.7 Å². The summed E-state index contributed by atoms with van der Waals surface area (Å²) in [4.78, 5) is 32.0. The van der Waals surface area contributed by atoms with Gasteiger partial charge >= 0.3 is 0 Å². The number of carbonyl (C=O) groups is 1. The maximum absolute atomic E-state index is 13.9. The summed E-state index contributed by atoms with van der Waals surface area (Å²) in [7, 11) is 3.12. The maximum Gasteiger partial charge on any atom is 0.263 e. The molecule has 3 aromatic rings. The van der Waals surface area contributed by atoms with Crippen molar-refractivity contribution in [1.82, 2.24) is 14.4 Å². The summed E-state index contributed by atoms with van der Waals surface area (Å²) in [5.41, 5.74) is 3.62. The molecule has 7 heteroatoms. The average Bonchev–Trinajstić information content (AvgIpc) is 2.92. The van der Waals surface area contributed by atoms with Crippen molar-refractivity contribution >= 4 is 16.7 Å². The second-order valence-corrected chi connectivity index (χ2v) is 9.36. The number of amides is 1. The van der Waals surface area contributed by atoms with Gasteiger partial charge in [-0.25, -0.2) is 0 Å². The van der Waals surface area contributed by atoms with Crippen LogP contribution in [0.4, 0.5) is 0 Å². The van der Waals surface area contributed by atoms with Crippen molar-refractivity contribution in [3.63, 3.8) is 0 Å². The van der Waals surface area contributed by atoms with Crippen LogP contribution >= 0.6 is 0 Å². The highest BCUT2D eigenvalue weighted by molar-refractivity contribution is 6.07. The van der Waals surface area contributed by atoms with Crippen molar-refractivity contribution in [3.05, 3.63) is 63.6 Å². The molecule has 35 heavy (non-hydrogen) atoms. The van der Waals surface area contributed by atoms with E-state index >= 15 is 0 Å². The number of methoxy groups -OCH3 is 2. The fraction of sp³-hybridized carbons (Fsp3) is 0.429. The summed E-state index contributed by atoms with van der Waals surface area (Å²) in [6.07, 6.45) is 5.75. The average molecular weight is 476 g/mol. The molecular formula is C28H33N3O4. The molecule has 5 rings (SSSR count). The van der Waals surface area contributed by atoms with E-state index in [4.69, 9.17) is 9.47 Å². The monoisotopic (exact) mass is 475 g/mol. The zero-order chi connectivity index (χ0) is 24.5. The predicted octanol–water partition coefficient (Wildman–Crippen LogP) is 4.01. The van der Waals surface area contributed by atoms with Crippen LogP contribution in [0, 0.1) is 0 Å². The first-order valence-electron chi connectivity index (χ1n) is 12.5. The third-order valence-electron chi connectivity index (χ3n) is 7.42. The van der Waals surface area contributed by atoms with Gasteiger partial charge in [-0.05, 0) is 61.6 Å². The van der Waals surface area contributed by atoms with Crippen LogP contribution < -0.4 is 15.0 Å². The number of hydrogen-bond acceptors (Lipinski definition) is 5. The highest BCUT2D eigenvalue weighted by Gasteiger charge is 2.25. The minimum Gasteiger partial charge on any atom is -0.493 e. The minimum absolute atomic E-state index is 0.0439. The highest BCUT2D eigenvalue weighted by Crippen LogP contribution is 2.34. The second kappa shape index (κ2) is 9.74. The summed E-state index contributed by atoms with van der Waals surface area (Å²) >= 11 is 0. The summed E-state index contributed by atoms with van der Waals surface area (Å²) in [6, 6.07) is 9.60. The van der Waals surface area contributed by atoms with Gasteiger partial charge in [-0.15, -0.1) is 0 Å². The van der Waals surface area contributed by atoms with Crippen molar-refractivity contribution in [1.29, 1.82) is 0 Å². The lowest BCUT2D eigenvalue weighted by atomic mass is 9.97. The first kappa shape index (κ1) is 23.4. The number of likely N-dealkylation sites (tertiary alicyclic amines) is 1. The second-order valence-electron chi connectivity index (χ2n) is 9.36. The molecule has 1 amide bonds. The standard InChI is InChI=1S/C28H33N3O4/c1-4-29-14-11-20-19(17-29)9-8-10-24(20)31-18-23(27(32)30-12-6-5-7-13-30)21-15-25(34-2)26(35-3)16-22(21)28(31)33/h8-10,15-16,18H,4-7,11-14,17H2,1-3H3. The van der Waals surface area contributed by atoms with Crippen molar-refractivity contribution in [2.24, 2.45) is 0 Å². The molecule has 0 unspecified atom stereocenters. The molecule has 0 radical (unpaired) electrons. The molecule has 184 valence electrons. The van der Waals surface area contributed by atoms with E-state index in [9.17, 15) is 9.59 Å². The number of rotatable bonds is 5. The Hall–Kier alpha value is -3.32. The third-order valence-corrected chi connectivity index (χ3v) is 7.42. The quantitative estimate of drug-likeness (QED) is 0.558. The Balaban J connectivity index is 1.75. The number of ether oxygens (including phenoxy) is 2. The lowest BCUT2D eigenvalue weighted by Gasteiger charge is -2.30. The first-order chi connectivity index (χ1) is 17.0. The van der Waals surface area contributed by atoms with Gasteiger partial charge < -0.3 is 14.4 Å². The molecule has 0 atom stereocenters. The fourth-order valence-electron chi connectivity index (χ4n) is 5.43. The molecule has 2 aliphatic heterocycles. The molecule has 1 saturated heterocycles. The van der Waals surface area contributed by atoms with Crippen LogP contribution in [0.1, 0.15) is 47.7 Å². The normalized spacial score (nSPS) is 16.3. The van der Waals surface area contributed by atoms with Crippen LogP contribution in [0.15, 0.2) is 41.3 Å². The lowest BCUT2D eigenvalue weighted by molar-refractivity contribution is 0.0725.